The molecule has 1 aliphatic rings. The Hall–Kier alpha value is -1.48. The molecular weight excluding hydrogens is 431 g/mol. The number of hydrogen-bond acceptors (Lipinski definition) is 4. The van der Waals surface area contributed by atoms with E-state index in [1.807, 2.05) is 0 Å². The largest absolute Gasteiger partial charge is 0.280 e. The third-order valence-corrected chi connectivity index (χ3v) is 8.17. The minimum absolute atomic E-state index is 0.00802. The van der Waals surface area contributed by atoms with E-state index in [1.165, 1.54) is 22.5 Å². The molecule has 0 bridgehead atoms. The standard InChI is InChI=1S/C17H18Cl2N2O4S2/c1-2-26(22,23)21-9-3-4-12-10-14(6-8-16(12)21)20-27(24,25)17-11-13(18)5-7-15(17)19/h5-8,10-11,20H,2-4,9H2,1H3. The van der Waals surface area contributed by atoms with E-state index in [9.17, 15) is 16.8 Å². The number of halogens is 2. The van der Waals surface area contributed by atoms with Crippen molar-refractivity contribution >= 4 is 54.6 Å². The molecule has 0 radical (unpaired) electrons. The molecule has 0 aliphatic carbocycles. The van der Waals surface area contributed by atoms with Crippen molar-refractivity contribution in [2.24, 2.45) is 0 Å². The van der Waals surface area contributed by atoms with Gasteiger partial charge in [0.2, 0.25) is 10.0 Å². The lowest BCUT2D eigenvalue weighted by Crippen LogP contribution is -2.36. The van der Waals surface area contributed by atoms with E-state index in [4.69, 9.17) is 23.2 Å². The summed E-state index contributed by atoms with van der Waals surface area (Å²) in [7, 11) is -7.31. The summed E-state index contributed by atoms with van der Waals surface area (Å²) < 4.78 is 53.7. The van der Waals surface area contributed by atoms with E-state index < -0.39 is 20.0 Å². The number of sulfonamides is 2. The molecular formula is C17H18Cl2N2O4S2. The highest BCUT2D eigenvalue weighted by molar-refractivity contribution is 7.93. The maximum Gasteiger partial charge on any atom is 0.263 e. The van der Waals surface area contributed by atoms with Gasteiger partial charge in [0, 0.05) is 17.3 Å². The summed E-state index contributed by atoms with van der Waals surface area (Å²) in [4.78, 5) is -0.121. The lowest BCUT2D eigenvalue weighted by atomic mass is 10.0. The monoisotopic (exact) mass is 448 g/mol. The van der Waals surface area contributed by atoms with Gasteiger partial charge in [-0.2, -0.15) is 0 Å². The Morgan fingerprint density at radius 3 is 2.52 bits per heavy atom. The van der Waals surface area contributed by atoms with E-state index in [1.54, 1.807) is 25.1 Å². The number of aryl methyl sites for hydroxylation is 1. The molecule has 1 aliphatic heterocycles. The molecule has 0 spiro atoms. The molecule has 0 unspecified atom stereocenters. The Kier molecular flexibility index (Phi) is 5.63. The summed E-state index contributed by atoms with van der Waals surface area (Å²) in [6.07, 6.45) is 1.33. The molecule has 0 saturated heterocycles. The normalized spacial score (nSPS) is 14.7. The molecule has 146 valence electrons. The van der Waals surface area contributed by atoms with Crippen LogP contribution in [0.5, 0.6) is 0 Å². The van der Waals surface area contributed by atoms with Crippen LogP contribution in [-0.2, 0) is 26.5 Å². The molecule has 3 rings (SSSR count). The number of fused-ring (bicyclic) bond motifs is 1. The van der Waals surface area contributed by atoms with Crippen LogP contribution in [0.4, 0.5) is 11.4 Å². The summed E-state index contributed by atoms with van der Waals surface area (Å²) in [5, 5.41) is 0.315. The second-order valence-corrected chi connectivity index (χ2v) is 10.8. The van der Waals surface area contributed by atoms with Crippen LogP contribution in [0.25, 0.3) is 0 Å². The Morgan fingerprint density at radius 1 is 1.07 bits per heavy atom. The second kappa shape index (κ2) is 7.50. The molecule has 0 saturated carbocycles. The molecule has 2 aromatic carbocycles. The van der Waals surface area contributed by atoms with E-state index >= 15 is 0 Å². The number of benzene rings is 2. The SMILES string of the molecule is CCS(=O)(=O)N1CCCc2cc(NS(=O)(=O)c3cc(Cl)ccc3Cl)ccc21. The summed E-state index contributed by atoms with van der Waals surface area (Å²) in [5.74, 6) is 0.00802. The van der Waals surface area contributed by atoms with Crippen LogP contribution in [0.1, 0.15) is 18.9 Å². The van der Waals surface area contributed by atoms with Crippen molar-refractivity contribution in [1.29, 1.82) is 0 Å². The number of rotatable bonds is 5. The van der Waals surface area contributed by atoms with Gasteiger partial charge in [-0.3, -0.25) is 9.03 Å². The van der Waals surface area contributed by atoms with Crippen molar-refractivity contribution in [2.45, 2.75) is 24.7 Å². The van der Waals surface area contributed by atoms with Crippen LogP contribution in [-0.4, -0.2) is 29.1 Å². The van der Waals surface area contributed by atoms with Gasteiger partial charge < -0.3 is 0 Å². The van der Waals surface area contributed by atoms with Crippen molar-refractivity contribution in [3.63, 3.8) is 0 Å². The van der Waals surface area contributed by atoms with Crippen LogP contribution >= 0.6 is 23.2 Å². The first kappa shape index (κ1) is 20.3. The smallest absolute Gasteiger partial charge is 0.263 e. The zero-order chi connectivity index (χ0) is 19.8. The fraction of sp³-hybridized carbons (Fsp3) is 0.294. The lowest BCUT2D eigenvalue weighted by Gasteiger charge is -2.30. The molecule has 1 heterocycles. The zero-order valence-corrected chi connectivity index (χ0v) is 17.6. The van der Waals surface area contributed by atoms with Crippen molar-refractivity contribution in [1.82, 2.24) is 0 Å². The average molecular weight is 449 g/mol. The maximum absolute atomic E-state index is 12.7. The minimum atomic E-state index is -3.94. The first-order valence-corrected chi connectivity index (χ1v) is 12.1. The van der Waals surface area contributed by atoms with Crippen LogP contribution in [0, 0.1) is 0 Å². The Bertz CT molecular complexity index is 1090. The fourth-order valence-corrected chi connectivity index (χ4v) is 5.97. The quantitative estimate of drug-likeness (QED) is 0.751. The molecule has 0 fully saturated rings. The van der Waals surface area contributed by atoms with Crippen molar-refractivity contribution in [3.05, 3.63) is 52.0 Å². The summed E-state index contributed by atoms with van der Waals surface area (Å²) in [5.41, 5.74) is 1.70. The topological polar surface area (TPSA) is 83.6 Å². The molecule has 0 amide bonds. The van der Waals surface area contributed by atoms with Gasteiger partial charge in [-0.1, -0.05) is 23.2 Å². The molecule has 0 aromatic heterocycles. The van der Waals surface area contributed by atoms with Gasteiger partial charge in [-0.15, -0.1) is 0 Å². The fourth-order valence-electron chi connectivity index (χ4n) is 2.96. The molecule has 27 heavy (non-hydrogen) atoms. The number of hydrogen-bond donors (Lipinski definition) is 1. The van der Waals surface area contributed by atoms with Gasteiger partial charge >= 0.3 is 0 Å². The highest BCUT2D eigenvalue weighted by Crippen LogP contribution is 2.33. The van der Waals surface area contributed by atoms with Crippen LogP contribution in [0.15, 0.2) is 41.3 Å². The van der Waals surface area contributed by atoms with Gasteiger partial charge in [0.1, 0.15) is 4.90 Å². The second-order valence-electron chi connectivity index (χ2n) is 6.10. The summed E-state index contributed by atoms with van der Waals surface area (Å²) >= 11 is 11.9. The highest BCUT2D eigenvalue weighted by atomic mass is 35.5. The number of nitrogens with zero attached hydrogens (tertiary/aromatic N) is 1. The van der Waals surface area contributed by atoms with E-state index in [0.29, 0.717) is 30.8 Å². The van der Waals surface area contributed by atoms with Gasteiger partial charge in [0.25, 0.3) is 10.0 Å². The predicted octanol–water partition coefficient (Wildman–Crippen LogP) is 3.90. The summed E-state index contributed by atoms with van der Waals surface area (Å²) in [6, 6.07) is 9.02. The maximum atomic E-state index is 12.7. The van der Waals surface area contributed by atoms with Crippen LogP contribution < -0.4 is 9.03 Å². The van der Waals surface area contributed by atoms with E-state index in [2.05, 4.69) is 4.72 Å². The summed E-state index contributed by atoms with van der Waals surface area (Å²) in [6.45, 7) is 2.02. The van der Waals surface area contributed by atoms with Gasteiger partial charge in [-0.05, 0) is 61.7 Å². The first-order chi connectivity index (χ1) is 12.6. The van der Waals surface area contributed by atoms with E-state index in [-0.39, 0.29) is 20.7 Å². The van der Waals surface area contributed by atoms with Gasteiger partial charge in [0.05, 0.1) is 16.5 Å². The highest BCUT2D eigenvalue weighted by Gasteiger charge is 2.27. The average Bonchev–Trinajstić information content (AvgIpc) is 2.62. The van der Waals surface area contributed by atoms with Crippen LogP contribution in [0.3, 0.4) is 0 Å². The van der Waals surface area contributed by atoms with E-state index in [0.717, 1.165) is 5.56 Å². The molecule has 6 nitrogen and oxygen atoms in total. The molecule has 2 aromatic rings. The van der Waals surface area contributed by atoms with Crippen molar-refractivity contribution in [2.75, 3.05) is 21.3 Å². The molecule has 1 N–H and O–H groups in total. The van der Waals surface area contributed by atoms with Gasteiger partial charge in [0.15, 0.2) is 0 Å². The first-order valence-electron chi connectivity index (χ1n) is 8.25. The minimum Gasteiger partial charge on any atom is -0.280 e. The molecule has 10 heteroatoms. The van der Waals surface area contributed by atoms with Gasteiger partial charge in [-0.25, -0.2) is 16.8 Å². The van der Waals surface area contributed by atoms with Crippen LogP contribution in [0.2, 0.25) is 10.0 Å². The number of nitrogens with one attached hydrogen (secondary N) is 1. The Balaban J connectivity index is 1.95. The molecule has 0 atom stereocenters. The van der Waals surface area contributed by atoms with Crippen molar-refractivity contribution < 1.29 is 16.8 Å². The number of anilines is 2. The Morgan fingerprint density at radius 2 is 1.81 bits per heavy atom. The predicted molar refractivity (Wildman–Crippen MR) is 109 cm³/mol. The third-order valence-electron chi connectivity index (χ3n) is 4.29. The van der Waals surface area contributed by atoms with Crippen molar-refractivity contribution in [3.8, 4) is 0 Å². The third kappa shape index (κ3) is 4.18. The lowest BCUT2D eigenvalue weighted by molar-refractivity contribution is 0.587. The zero-order valence-electron chi connectivity index (χ0n) is 14.4. The Labute approximate surface area is 169 Å².